The van der Waals surface area contributed by atoms with Crippen LogP contribution < -0.4 is 5.32 Å². The SMILES string of the molecule is C#CC/C=C\C(=C/C)c1cc(NC(/C=C\C(C)N2CCOCC2)=C/C)c2occc2n1.C=C. The van der Waals surface area contributed by atoms with E-state index in [2.05, 4.69) is 54.4 Å². The van der Waals surface area contributed by atoms with Gasteiger partial charge in [-0.1, -0.05) is 30.4 Å². The maximum absolute atomic E-state index is 5.72. The first-order valence-electron chi connectivity index (χ1n) is 11.2. The number of morpholine rings is 1. The number of rotatable bonds is 8. The second-order valence-corrected chi connectivity index (χ2v) is 7.36. The second-order valence-electron chi connectivity index (χ2n) is 7.36. The largest absolute Gasteiger partial charge is 0.460 e. The molecule has 1 unspecified atom stereocenters. The van der Waals surface area contributed by atoms with E-state index in [1.165, 1.54) is 0 Å². The fourth-order valence-corrected chi connectivity index (χ4v) is 3.50. The molecule has 0 saturated carbocycles. The Morgan fingerprint density at radius 1 is 1.27 bits per heavy atom. The van der Waals surface area contributed by atoms with Crippen molar-refractivity contribution >= 4 is 22.4 Å². The van der Waals surface area contributed by atoms with E-state index in [9.17, 15) is 0 Å². The maximum atomic E-state index is 5.72. The number of furan rings is 1. The highest BCUT2D eigenvalue weighted by molar-refractivity contribution is 5.90. The molecule has 3 rings (SSSR count). The van der Waals surface area contributed by atoms with Crippen LogP contribution in [-0.2, 0) is 4.74 Å². The van der Waals surface area contributed by atoms with Gasteiger partial charge in [-0.25, -0.2) is 4.98 Å². The van der Waals surface area contributed by atoms with Gasteiger partial charge in [-0.15, -0.1) is 25.5 Å². The van der Waals surface area contributed by atoms with E-state index in [-0.39, 0.29) is 0 Å². The van der Waals surface area contributed by atoms with Crippen molar-refractivity contribution in [1.82, 2.24) is 9.88 Å². The third-order valence-corrected chi connectivity index (χ3v) is 5.32. The molecule has 0 amide bonds. The molecule has 1 fully saturated rings. The Kier molecular flexibility index (Phi) is 11.0. The molecule has 1 aliphatic heterocycles. The first-order chi connectivity index (χ1) is 16.2. The summed E-state index contributed by atoms with van der Waals surface area (Å²) in [5, 5.41) is 3.52. The average molecular weight is 446 g/mol. The number of nitrogens with one attached hydrogen (secondary N) is 1. The zero-order valence-corrected chi connectivity index (χ0v) is 20.0. The summed E-state index contributed by atoms with van der Waals surface area (Å²) in [5.41, 5.74) is 5.31. The fourth-order valence-electron chi connectivity index (χ4n) is 3.50. The molecule has 1 saturated heterocycles. The Morgan fingerprint density at radius 3 is 2.70 bits per heavy atom. The van der Waals surface area contributed by atoms with Gasteiger partial charge in [-0.2, -0.15) is 0 Å². The third kappa shape index (κ3) is 7.35. The molecule has 0 aromatic carbocycles. The van der Waals surface area contributed by atoms with Crippen molar-refractivity contribution in [2.24, 2.45) is 0 Å². The van der Waals surface area contributed by atoms with Crippen LogP contribution in [0.25, 0.3) is 16.7 Å². The summed E-state index contributed by atoms with van der Waals surface area (Å²) in [6.45, 7) is 15.8. The number of terminal acetylenes is 1. The molecule has 2 aromatic heterocycles. The maximum Gasteiger partial charge on any atom is 0.175 e. The molecule has 0 aliphatic carbocycles. The number of fused-ring (bicyclic) bond motifs is 1. The molecule has 0 radical (unpaired) electrons. The van der Waals surface area contributed by atoms with Crippen LogP contribution in [-0.4, -0.2) is 42.2 Å². The van der Waals surface area contributed by atoms with Gasteiger partial charge in [0.25, 0.3) is 0 Å². The van der Waals surface area contributed by atoms with Crippen molar-refractivity contribution in [1.29, 1.82) is 0 Å². The normalized spacial score (nSPS) is 16.5. The molecule has 0 bridgehead atoms. The Bertz CT molecular complexity index is 1050. The number of pyridine rings is 1. The quantitative estimate of drug-likeness (QED) is 0.298. The summed E-state index contributed by atoms with van der Waals surface area (Å²) in [5.74, 6) is 2.63. The molecule has 5 heteroatoms. The summed E-state index contributed by atoms with van der Waals surface area (Å²) < 4.78 is 11.2. The van der Waals surface area contributed by atoms with Crippen molar-refractivity contribution in [2.75, 3.05) is 31.6 Å². The van der Waals surface area contributed by atoms with Crippen LogP contribution in [0.4, 0.5) is 5.69 Å². The predicted octanol–water partition coefficient (Wildman–Crippen LogP) is 6.21. The van der Waals surface area contributed by atoms with Crippen LogP contribution in [0.5, 0.6) is 0 Å². The fraction of sp³-hybridized carbons (Fsp3) is 0.321. The highest BCUT2D eigenvalue weighted by atomic mass is 16.5. The second kappa shape index (κ2) is 13.9. The van der Waals surface area contributed by atoms with Gasteiger partial charge < -0.3 is 14.5 Å². The molecule has 33 heavy (non-hydrogen) atoms. The van der Waals surface area contributed by atoms with Crippen LogP contribution in [0.1, 0.15) is 32.9 Å². The van der Waals surface area contributed by atoms with E-state index in [1.54, 1.807) is 6.26 Å². The Balaban J connectivity index is 0.00000187. The van der Waals surface area contributed by atoms with Gasteiger partial charge in [0, 0.05) is 37.3 Å². The number of allylic oxidation sites excluding steroid dienone is 6. The van der Waals surface area contributed by atoms with Gasteiger partial charge in [0.05, 0.1) is 30.9 Å². The molecule has 1 atom stereocenters. The van der Waals surface area contributed by atoms with Gasteiger partial charge >= 0.3 is 0 Å². The van der Waals surface area contributed by atoms with Crippen LogP contribution in [0, 0.1) is 12.3 Å². The summed E-state index contributed by atoms with van der Waals surface area (Å²) in [4.78, 5) is 7.17. The van der Waals surface area contributed by atoms with Crippen LogP contribution in [0.15, 0.2) is 78.1 Å². The first-order valence-corrected chi connectivity index (χ1v) is 11.2. The first kappa shape index (κ1) is 25.9. The lowest BCUT2D eigenvalue weighted by Gasteiger charge is -2.30. The smallest absolute Gasteiger partial charge is 0.175 e. The van der Waals surface area contributed by atoms with Gasteiger partial charge in [-0.05, 0) is 38.5 Å². The molecular weight excluding hydrogens is 410 g/mol. The van der Waals surface area contributed by atoms with Crippen molar-refractivity contribution < 1.29 is 9.15 Å². The number of anilines is 1. The number of aromatic nitrogens is 1. The number of hydrogen-bond donors (Lipinski definition) is 1. The van der Waals surface area contributed by atoms with E-state index >= 15 is 0 Å². The van der Waals surface area contributed by atoms with E-state index in [0.29, 0.717) is 12.5 Å². The highest BCUT2D eigenvalue weighted by Crippen LogP contribution is 2.29. The van der Waals surface area contributed by atoms with Crippen molar-refractivity contribution in [3.05, 3.63) is 79.4 Å². The van der Waals surface area contributed by atoms with Crippen molar-refractivity contribution in [2.45, 2.75) is 33.2 Å². The average Bonchev–Trinajstić information content (AvgIpc) is 3.35. The standard InChI is InChI=1S/C26H31N3O2.C2H4/c1-5-8-9-10-21(6-2)24-19-25(26-23(28-24)13-16-31-26)27-22(7-3)12-11-20(4)29-14-17-30-18-15-29;1-2/h1,6-7,9-13,16,19-20H,8,14-15,17-18H2,2-4H3,(H,27,28);1-2H2/b10-9-,12-11-,21-6+,22-7+;. The summed E-state index contributed by atoms with van der Waals surface area (Å²) in [6.07, 6.45) is 20.0. The number of hydrogen-bond acceptors (Lipinski definition) is 5. The minimum absolute atomic E-state index is 0.341. The van der Waals surface area contributed by atoms with Gasteiger partial charge in [-0.3, -0.25) is 4.90 Å². The summed E-state index contributed by atoms with van der Waals surface area (Å²) in [6, 6.07) is 4.24. The molecule has 1 N–H and O–H groups in total. The van der Waals surface area contributed by atoms with Gasteiger partial charge in [0.15, 0.2) is 5.58 Å². The van der Waals surface area contributed by atoms with Crippen LogP contribution >= 0.6 is 0 Å². The highest BCUT2D eigenvalue weighted by Gasteiger charge is 2.15. The van der Waals surface area contributed by atoms with E-state index in [4.69, 9.17) is 20.6 Å². The van der Waals surface area contributed by atoms with E-state index < -0.39 is 0 Å². The molecule has 2 aromatic rings. The minimum atomic E-state index is 0.341. The van der Waals surface area contributed by atoms with Gasteiger partial charge in [0.2, 0.25) is 0 Å². The number of ether oxygens (including phenoxy) is 1. The predicted molar refractivity (Wildman–Crippen MR) is 140 cm³/mol. The lowest BCUT2D eigenvalue weighted by atomic mass is 10.1. The topological polar surface area (TPSA) is 50.5 Å². The van der Waals surface area contributed by atoms with E-state index in [0.717, 1.165) is 60.1 Å². The van der Waals surface area contributed by atoms with E-state index in [1.807, 2.05) is 44.2 Å². The zero-order valence-electron chi connectivity index (χ0n) is 20.0. The zero-order chi connectivity index (χ0) is 24.1. The lowest BCUT2D eigenvalue weighted by molar-refractivity contribution is 0.0287. The van der Waals surface area contributed by atoms with Crippen LogP contribution in [0.3, 0.4) is 0 Å². The molecule has 1 aliphatic rings. The molecule has 3 heterocycles. The molecular formula is C28H35N3O2. The Labute approximate surface area is 198 Å². The number of nitrogens with zero attached hydrogens (tertiary/aromatic N) is 2. The lowest BCUT2D eigenvalue weighted by Crippen LogP contribution is -2.41. The van der Waals surface area contributed by atoms with Crippen LogP contribution in [0.2, 0.25) is 0 Å². The third-order valence-electron chi connectivity index (χ3n) is 5.32. The summed E-state index contributed by atoms with van der Waals surface area (Å²) in [7, 11) is 0. The molecule has 0 spiro atoms. The Hall–Kier alpha value is -3.33. The Morgan fingerprint density at radius 2 is 2.03 bits per heavy atom. The molecule has 5 nitrogen and oxygen atoms in total. The van der Waals surface area contributed by atoms with Crippen molar-refractivity contribution in [3.63, 3.8) is 0 Å². The minimum Gasteiger partial charge on any atom is -0.460 e. The monoisotopic (exact) mass is 445 g/mol. The van der Waals surface area contributed by atoms with Gasteiger partial charge in [0.1, 0.15) is 5.52 Å². The summed E-state index contributed by atoms with van der Waals surface area (Å²) >= 11 is 0. The van der Waals surface area contributed by atoms with Crippen molar-refractivity contribution in [3.8, 4) is 12.3 Å². The molecule has 174 valence electrons.